The van der Waals surface area contributed by atoms with Crippen LogP contribution in [0.1, 0.15) is 0 Å². The van der Waals surface area contributed by atoms with Crippen molar-refractivity contribution >= 4 is 11.2 Å². The van der Waals surface area contributed by atoms with E-state index in [-0.39, 0.29) is 0 Å². The third-order valence-electron chi connectivity index (χ3n) is 2.64. The molecule has 1 aromatic carbocycles. The second-order valence-electron chi connectivity index (χ2n) is 3.87. The van der Waals surface area contributed by atoms with E-state index in [9.17, 15) is 0 Å². The predicted octanol–water partition coefficient (Wildman–Crippen LogP) is 3.17. The van der Waals surface area contributed by atoms with Crippen LogP contribution in [-0.2, 0) is 0 Å². The van der Waals surface area contributed by atoms with Gasteiger partial charge in [-0.2, -0.15) is 0 Å². The van der Waals surface area contributed by atoms with Crippen molar-refractivity contribution in [2.75, 3.05) is 0 Å². The van der Waals surface area contributed by atoms with Gasteiger partial charge >= 0.3 is 0 Å². The fraction of sp³-hybridized carbons (Fsp3) is 0. The Morgan fingerprint density at radius 1 is 0.765 bits per heavy atom. The maximum atomic E-state index is 4.58. The number of pyridine rings is 2. The summed E-state index contributed by atoms with van der Waals surface area (Å²) in [6.45, 7) is 0. The van der Waals surface area contributed by atoms with E-state index in [2.05, 4.69) is 21.5 Å². The number of nitrogens with zero attached hydrogens (tertiary/aromatic N) is 2. The molecule has 0 aliphatic rings. The largest absolute Gasteiger partial charge is 0.324 e. The van der Waals surface area contributed by atoms with Gasteiger partial charge in [-0.1, -0.05) is 24.3 Å². The van der Waals surface area contributed by atoms with E-state index in [0.29, 0.717) is 0 Å². The molecule has 0 fully saturated rings. The summed E-state index contributed by atoms with van der Waals surface area (Å²) < 4.78 is 2.07. The summed E-state index contributed by atoms with van der Waals surface area (Å²) in [6.07, 6.45) is 4.05. The Kier molecular flexibility index (Phi) is 2.47. The van der Waals surface area contributed by atoms with E-state index in [0.717, 1.165) is 16.6 Å². The number of rotatable bonds is 1. The van der Waals surface area contributed by atoms with Crippen LogP contribution in [0, 0.1) is 0 Å². The van der Waals surface area contributed by atoms with Gasteiger partial charge in [0, 0.05) is 17.9 Å². The first-order valence-corrected chi connectivity index (χ1v) is 5.59. The number of aromatic nitrogens is 1. The van der Waals surface area contributed by atoms with Crippen LogP contribution in [0.15, 0.2) is 78.0 Å². The van der Waals surface area contributed by atoms with E-state index < -0.39 is 0 Å². The first kappa shape index (κ1) is 9.85. The summed E-state index contributed by atoms with van der Waals surface area (Å²) in [6, 6.07) is 20.2. The molecule has 2 nitrogen and oxygen atoms in total. The fourth-order valence-electron chi connectivity index (χ4n) is 1.80. The van der Waals surface area contributed by atoms with Crippen molar-refractivity contribution in [1.29, 1.82) is 0 Å². The van der Waals surface area contributed by atoms with Crippen molar-refractivity contribution in [2.45, 2.75) is 0 Å². The molecular weight excluding hydrogens is 208 g/mol. The summed E-state index contributed by atoms with van der Waals surface area (Å²) in [7, 11) is 0. The molecule has 0 saturated heterocycles. The van der Waals surface area contributed by atoms with Gasteiger partial charge in [0.15, 0.2) is 0 Å². The molecule has 0 atom stereocenters. The van der Waals surface area contributed by atoms with Gasteiger partial charge < -0.3 is 4.40 Å². The molecule has 0 amide bonds. The monoisotopic (exact) mass is 220 g/mol. The van der Waals surface area contributed by atoms with Crippen LogP contribution >= 0.6 is 0 Å². The van der Waals surface area contributed by atoms with Gasteiger partial charge in [-0.05, 0) is 36.4 Å². The second-order valence-corrected chi connectivity index (χ2v) is 3.87. The Balaban J connectivity index is 2.15. The molecule has 17 heavy (non-hydrogen) atoms. The zero-order valence-electron chi connectivity index (χ0n) is 9.32. The first-order valence-electron chi connectivity index (χ1n) is 5.59. The highest BCUT2D eigenvalue weighted by atomic mass is 14.8. The van der Waals surface area contributed by atoms with Gasteiger partial charge in [-0.3, -0.25) is 0 Å². The minimum Gasteiger partial charge on any atom is -0.324 e. The maximum Gasteiger partial charge on any atom is 0.0672 e. The number of hydrogen-bond acceptors (Lipinski definition) is 1. The normalized spacial score (nSPS) is 11.9. The molecule has 82 valence electrons. The molecule has 0 saturated carbocycles. The van der Waals surface area contributed by atoms with Crippen molar-refractivity contribution in [3.8, 4) is 0 Å². The fourth-order valence-corrected chi connectivity index (χ4v) is 1.80. The molecule has 3 rings (SSSR count). The highest BCUT2D eigenvalue weighted by molar-refractivity contribution is 5.46. The SMILES string of the molecule is c1ccc(N=c2ccn3ccccc3c2)cc1. The molecule has 0 radical (unpaired) electrons. The number of benzene rings is 1. The van der Waals surface area contributed by atoms with Crippen molar-refractivity contribution in [1.82, 2.24) is 4.40 Å². The minimum absolute atomic E-state index is 0.974. The number of para-hydroxylation sites is 1. The van der Waals surface area contributed by atoms with Crippen LogP contribution < -0.4 is 5.36 Å². The van der Waals surface area contributed by atoms with Crippen molar-refractivity contribution < 1.29 is 0 Å². The Hall–Kier alpha value is -2.35. The molecule has 0 aliphatic carbocycles. The van der Waals surface area contributed by atoms with Crippen LogP contribution in [0.25, 0.3) is 5.52 Å². The summed E-state index contributed by atoms with van der Waals surface area (Å²) in [5.41, 5.74) is 2.12. The lowest BCUT2D eigenvalue weighted by Gasteiger charge is -1.99. The predicted molar refractivity (Wildman–Crippen MR) is 69.1 cm³/mol. The van der Waals surface area contributed by atoms with E-state index >= 15 is 0 Å². The lowest BCUT2D eigenvalue weighted by molar-refractivity contribution is 1.14. The summed E-state index contributed by atoms with van der Waals surface area (Å²) >= 11 is 0. The minimum atomic E-state index is 0.974. The Morgan fingerprint density at radius 2 is 1.59 bits per heavy atom. The van der Waals surface area contributed by atoms with Gasteiger partial charge in [-0.25, -0.2) is 4.99 Å². The van der Waals surface area contributed by atoms with E-state index in [1.807, 2.05) is 60.9 Å². The molecule has 0 bridgehead atoms. The van der Waals surface area contributed by atoms with E-state index in [1.54, 1.807) is 0 Å². The average molecular weight is 220 g/mol. The van der Waals surface area contributed by atoms with Crippen LogP contribution in [0.3, 0.4) is 0 Å². The third-order valence-corrected chi connectivity index (χ3v) is 2.64. The summed E-state index contributed by atoms with van der Waals surface area (Å²) in [5.74, 6) is 0. The lowest BCUT2D eigenvalue weighted by Crippen LogP contribution is -2.01. The molecule has 2 aromatic heterocycles. The zero-order valence-corrected chi connectivity index (χ0v) is 9.32. The molecule has 0 aliphatic heterocycles. The van der Waals surface area contributed by atoms with Crippen LogP contribution in [0.2, 0.25) is 0 Å². The van der Waals surface area contributed by atoms with Gasteiger partial charge in [0.2, 0.25) is 0 Å². The Labute approximate surface area is 99.5 Å². The number of hydrogen-bond donors (Lipinski definition) is 0. The topological polar surface area (TPSA) is 16.8 Å². The van der Waals surface area contributed by atoms with Crippen molar-refractivity contribution in [2.24, 2.45) is 4.99 Å². The van der Waals surface area contributed by atoms with E-state index in [4.69, 9.17) is 0 Å². The van der Waals surface area contributed by atoms with Gasteiger partial charge in [0.05, 0.1) is 11.0 Å². The highest BCUT2D eigenvalue weighted by Gasteiger charge is 1.90. The van der Waals surface area contributed by atoms with E-state index in [1.165, 1.54) is 0 Å². The standard InChI is InChI=1S/C15H12N2/c1-2-6-13(7-3-1)16-14-9-11-17-10-5-4-8-15(17)12-14/h1-12H. The molecule has 2 heteroatoms. The maximum absolute atomic E-state index is 4.58. The average Bonchev–Trinajstić information content (AvgIpc) is 2.40. The smallest absolute Gasteiger partial charge is 0.0672 e. The molecule has 3 aromatic rings. The quantitative estimate of drug-likeness (QED) is 0.599. The molecule has 0 unspecified atom stereocenters. The Bertz CT molecular complexity index is 696. The Morgan fingerprint density at radius 3 is 2.47 bits per heavy atom. The van der Waals surface area contributed by atoms with Crippen molar-refractivity contribution in [3.05, 3.63) is 78.4 Å². The third kappa shape index (κ3) is 2.11. The van der Waals surface area contributed by atoms with Gasteiger partial charge in [0.25, 0.3) is 0 Å². The zero-order chi connectivity index (χ0) is 11.5. The summed E-state index contributed by atoms with van der Waals surface area (Å²) in [5, 5.41) is 0.974. The second kappa shape index (κ2) is 4.26. The highest BCUT2D eigenvalue weighted by Crippen LogP contribution is 2.08. The molecular formula is C15H12N2. The van der Waals surface area contributed by atoms with Crippen LogP contribution in [-0.4, -0.2) is 4.40 Å². The molecule has 2 heterocycles. The van der Waals surface area contributed by atoms with Gasteiger partial charge in [-0.15, -0.1) is 0 Å². The lowest BCUT2D eigenvalue weighted by atomic mass is 10.3. The van der Waals surface area contributed by atoms with Crippen molar-refractivity contribution in [3.63, 3.8) is 0 Å². The first-order chi connectivity index (χ1) is 8.42. The molecule has 0 N–H and O–H groups in total. The van der Waals surface area contributed by atoms with Crippen LogP contribution in [0.4, 0.5) is 5.69 Å². The molecule has 0 spiro atoms. The van der Waals surface area contributed by atoms with Gasteiger partial charge in [0.1, 0.15) is 0 Å². The number of fused-ring (bicyclic) bond motifs is 1. The summed E-state index contributed by atoms with van der Waals surface area (Å²) in [4.78, 5) is 4.58. The van der Waals surface area contributed by atoms with Crippen LogP contribution in [0.5, 0.6) is 0 Å².